The third-order valence-electron chi connectivity index (χ3n) is 4.24. The molecule has 9 nitrogen and oxygen atoms in total. The molecule has 10 heteroatoms. The molecule has 0 amide bonds. The van der Waals surface area contributed by atoms with Crippen LogP contribution >= 0.6 is 11.3 Å². The van der Waals surface area contributed by atoms with Crippen molar-refractivity contribution in [2.75, 3.05) is 12.3 Å². The summed E-state index contributed by atoms with van der Waals surface area (Å²) >= 11 is 1.52. The molecule has 25 heavy (non-hydrogen) atoms. The van der Waals surface area contributed by atoms with Crippen molar-refractivity contribution in [3.8, 4) is 10.7 Å². The maximum absolute atomic E-state index is 10.4. The standard InChI is InChI=1S/C15H17N5O4S/c1-6-2-3-8(25-6)13-19-9-12(16)17-5-18-14(9)20(13)15-11(23)10(22)7(4-21)24-15/h2-3,5,7,10-11,15,21-23H,4H2,1H3,(H2,16,17,18)/t7-,10-,11-,15-/m1/s1. The Morgan fingerprint density at radius 3 is 2.72 bits per heavy atom. The molecule has 0 aromatic carbocycles. The van der Waals surface area contributed by atoms with Gasteiger partial charge in [0.1, 0.15) is 24.6 Å². The van der Waals surface area contributed by atoms with Gasteiger partial charge in [0.2, 0.25) is 0 Å². The SMILES string of the molecule is Cc1ccc(-c2nc3c(N)ncnc3n2[C@@H]2O[C@H](CO)[C@@H](O)[C@H]2O)s1. The highest BCUT2D eigenvalue weighted by Crippen LogP contribution is 2.38. The first-order valence-corrected chi connectivity index (χ1v) is 8.50. The summed E-state index contributed by atoms with van der Waals surface area (Å²) in [6, 6.07) is 3.86. The van der Waals surface area contributed by atoms with Gasteiger partial charge in [-0.05, 0) is 19.1 Å². The normalized spacial score (nSPS) is 26.6. The second-order valence-corrected chi connectivity index (χ2v) is 7.16. The van der Waals surface area contributed by atoms with Gasteiger partial charge < -0.3 is 25.8 Å². The molecule has 4 heterocycles. The third-order valence-corrected chi connectivity index (χ3v) is 5.23. The predicted octanol–water partition coefficient (Wildman–Crippen LogP) is 0.0569. The van der Waals surface area contributed by atoms with Crippen molar-refractivity contribution in [1.29, 1.82) is 0 Å². The van der Waals surface area contributed by atoms with Crippen LogP contribution in [0.15, 0.2) is 18.5 Å². The fourth-order valence-corrected chi connectivity index (χ4v) is 3.84. The molecule has 1 saturated heterocycles. The highest BCUT2D eigenvalue weighted by atomic mass is 32.1. The molecule has 5 N–H and O–H groups in total. The van der Waals surface area contributed by atoms with Gasteiger partial charge in [-0.15, -0.1) is 11.3 Å². The van der Waals surface area contributed by atoms with E-state index in [-0.39, 0.29) is 5.82 Å². The zero-order valence-electron chi connectivity index (χ0n) is 13.3. The van der Waals surface area contributed by atoms with Crippen LogP contribution in [0.25, 0.3) is 21.9 Å². The van der Waals surface area contributed by atoms with E-state index in [9.17, 15) is 15.3 Å². The van der Waals surface area contributed by atoms with Gasteiger partial charge in [-0.25, -0.2) is 15.0 Å². The van der Waals surface area contributed by atoms with Crippen molar-refractivity contribution in [2.24, 2.45) is 0 Å². The molecular formula is C15H17N5O4S. The number of ether oxygens (including phenoxy) is 1. The number of thiophene rings is 1. The van der Waals surface area contributed by atoms with Crippen LogP contribution in [0.5, 0.6) is 0 Å². The number of rotatable bonds is 3. The zero-order chi connectivity index (χ0) is 17.7. The molecule has 3 aromatic heterocycles. The molecule has 0 spiro atoms. The molecule has 0 saturated carbocycles. The maximum atomic E-state index is 10.4. The molecule has 4 atom stereocenters. The number of nitrogen functional groups attached to an aromatic ring is 1. The second-order valence-electron chi connectivity index (χ2n) is 5.88. The Morgan fingerprint density at radius 2 is 2.08 bits per heavy atom. The Hall–Kier alpha value is -2.11. The second kappa shape index (κ2) is 6.00. The zero-order valence-corrected chi connectivity index (χ0v) is 14.1. The summed E-state index contributed by atoms with van der Waals surface area (Å²) < 4.78 is 7.27. The number of fused-ring (bicyclic) bond motifs is 1. The molecule has 3 aromatic rings. The van der Waals surface area contributed by atoms with Crippen LogP contribution in [0.3, 0.4) is 0 Å². The van der Waals surface area contributed by atoms with Gasteiger partial charge in [-0.2, -0.15) is 0 Å². The lowest BCUT2D eigenvalue weighted by Gasteiger charge is -2.19. The molecule has 4 rings (SSSR count). The fourth-order valence-electron chi connectivity index (χ4n) is 2.99. The molecule has 0 aliphatic carbocycles. The topological polar surface area (TPSA) is 140 Å². The van der Waals surface area contributed by atoms with Gasteiger partial charge in [0, 0.05) is 4.88 Å². The van der Waals surface area contributed by atoms with Crippen molar-refractivity contribution in [1.82, 2.24) is 19.5 Å². The van der Waals surface area contributed by atoms with Gasteiger partial charge in [-0.1, -0.05) is 0 Å². The van der Waals surface area contributed by atoms with Gasteiger partial charge in [0.05, 0.1) is 11.5 Å². The minimum atomic E-state index is -1.24. The van der Waals surface area contributed by atoms with Crippen LogP contribution < -0.4 is 5.73 Å². The van der Waals surface area contributed by atoms with Crippen molar-refractivity contribution in [3.05, 3.63) is 23.3 Å². The smallest absolute Gasteiger partial charge is 0.168 e. The van der Waals surface area contributed by atoms with Crippen molar-refractivity contribution < 1.29 is 20.1 Å². The number of anilines is 1. The van der Waals surface area contributed by atoms with Gasteiger partial charge >= 0.3 is 0 Å². The molecule has 1 fully saturated rings. The lowest BCUT2D eigenvalue weighted by Crippen LogP contribution is -2.33. The molecular weight excluding hydrogens is 346 g/mol. The summed E-state index contributed by atoms with van der Waals surface area (Å²) in [6.07, 6.45) is -3.01. The average Bonchev–Trinajstić information content (AvgIpc) is 3.26. The summed E-state index contributed by atoms with van der Waals surface area (Å²) in [5.74, 6) is 0.722. The van der Waals surface area contributed by atoms with E-state index in [0.717, 1.165) is 9.75 Å². The molecule has 0 radical (unpaired) electrons. The van der Waals surface area contributed by atoms with Crippen molar-refractivity contribution in [2.45, 2.75) is 31.5 Å². The number of aryl methyl sites for hydroxylation is 1. The van der Waals surface area contributed by atoms with E-state index < -0.39 is 31.1 Å². The number of hydrogen-bond donors (Lipinski definition) is 4. The predicted molar refractivity (Wildman–Crippen MR) is 90.8 cm³/mol. The first kappa shape index (κ1) is 16.4. The molecule has 0 bridgehead atoms. The summed E-state index contributed by atoms with van der Waals surface area (Å²) in [4.78, 5) is 14.7. The Kier molecular flexibility index (Phi) is 3.93. The van der Waals surface area contributed by atoms with E-state index in [2.05, 4.69) is 15.0 Å². The highest BCUT2D eigenvalue weighted by molar-refractivity contribution is 7.15. The van der Waals surface area contributed by atoms with Crippen LogP contribution in [-0.2, 0) is 4.74 Å². The first-order chi connectivity index (χ1) is 12.0. The first-order valence-electron chi connectivity index (χ1n) is 7.69. The van der Waals surface area contributed by atoms with Crippen LogP contribution in [-0.4, -0.2) is 59.8 Å². The Balaban J connectivity index is 1.94. The quantitative estimate of drug-likeness (QED) is 0.512. The maximum Gasteiger partial charge on any atom is 0.168 e. The minimum absolute atomic E-state index is 0.213. The summed E-state index contributed by atoms with van der Waals surface area (Å²) in [5, 5.41) is 29.9. The number of aliphatic hydroxyl groups is 3. The van der Waals surface area contributed by atoms with E-state index in [0.29, 0.717) is 17.0 Å². The Morgan fingerprint density at radius 1 is 1.28 bits per heavy atom. The Labute approximate surface area is 146 Å². The number of hydrogen-bond acceptors (Lipinski definition) is 9. The third kappa shape index (κ3) is 2.50. The molecule has 1 aliphatic rings. The lowest BCUT2D eigenvalue weighted by molar-refractivity contribution is -0.0503. The summed E-state index contributed by atoms with van der Waals surface area (Å²) in [6.45, 7) is 1.56. The fraction of sp³-hybridized carbons (Fsp3) is 0.400. The summed E-state index contributed by atoms with van der Waals surface area (Å²) in [5.41, 5.74) is 6.70. The van der Waals surface area contributed by atoms with E-state index in [1.54, 1.807) is 4.57 Å². The number of nitrogens with two attached hydrogens (primary N) is 1. The largest absolute Gasteiger partial charge is 0.394 e. The van der Waals surface area contributed by atoms with Crippen LogP contribution in [0.2, 0.25) is 0 Å². The van der Waals surface area contributed by atoms with Crippen LogP contribution in [0.4, 0.5) is 5.82 Å². The highest BCUT2D eigenvalue weighted by Gasteiger charge is 2.45. The number of imidazole rings is 1. The monoisotopic (exact) mass is 363 g/mol. The van der Waals surface area contributed by atoms with E-state index >= 15 is 0 Å². The lowest BCUT2D eigenvalue weighted by atomic mass is 10.1. The van der Waals surface area contributed by atoms with E-state index in [4.69, 9.17) is 10.5 Å². The van der Waals surface area contributed by atoms with Gasteiger partial charge in [0.15, 0.2) is 29.0 Å². The van der Waals surface area contributed by atoms with Crippen LogP contribution in [0, 0.1) is 6.92 Å². The molecule has 0 unspecified atom stereocenters. The van der Waals surface area contributed by atoms with Crippen molar-refractivity contribution >= 4 is 28.3 Å². The Bertz CT molecular complexity index is 926. The van der Waals surface area contributed by atoms with Gasteiger partial charge in [0.25, 0.3) is 0 Å². The minimum Gasteiger partial charge on any atom is -0.394 e. The number of aliphatic hydroxyl groups excluding tert-OH is 3. The number of nitrogens with zero attached hydrogens (tertiary/aromatic N) is 4. The number of aromatic nitrogens is 4. The molecule has 132 valence electrons. The van der Waals surface area contributed by atoms with Crippen LogP contribution in [0.1, 0.15) is 11.1 Å². The molecule has 1 aliphatic heterocycles. The van der Waals surface area contributed by atoms with Gasteiger partial charge in [-0.3, -0.25) is 4.57 Å². The van der Waals surface area contributed by atoms with Crippen molar-refractivity contribution in [3.63, 3.8) is 0 Å². The van der Waals surface area contributed by atoms with E-state index in [1.807, 2.05) is 19.1 Å². The van der Waals surface area contributed by atoms with E-state index in [1.165, 1.54) is 17.7 Å². The average molecular weight is 363 g/mol. The summed E-state index contributed by atoms with van der Waals surface area (Å²) in [7, 11) is 0.